The third-order valence-electron chi connectivity index (χ3n) is 5.68. The molecule has 1 aliphatic rings. The van der Waals surface area contributed by atoms with E-state index in [0.717, 1.165) is 16.3 Å². The summed E-state index contributed by atoms with van der Waals surface area (Å²) < 4.78 is 29.6. The molecule has 10 nitrogen and oxygen atoms in total. The van der Waals surface area contributed by atoms with Crippen LogP contribution in [0.4, 0.5) is 19.5 Å². The number of thiophene rings is 1. The maximum atomic E-state index is 14.8. The second-order valence-corrected chi connectivity index (χ2v) is 8.98. The minimum Gasteiger partial charge on any atom is -0.352 e. The SMILES string of the molecule is [N-]=[N+]=NCc1cnc(F)cc1-c1cccc2cc(-c3nc(NCCN4CCNC4=O)ncc3F)sc12. The van der Waals surface area contributed by atoms with Gasteiger partial charge in [0.05, 0.1) is 17.6 Å². The van der Waals surface area contributed by atoms with Crippen LogP contribution in [-0.4, -0.2) is 52.1 Å². The van der Waals surface area contributed by atoms with E-state index in [0.29, 0.717) is 47.7 Å². The van der Waals surface area contributed by atoms with E-state index < -0.39 is 11.8 Å². The van der Waals surface area contributed by atoms with Crippen LogP contribution in [0.25, 0.3) is 42.2 Å². The van der Waals surface area contributed by atoms with Crippen molar-refractivity contribution in [2.75, 3.05) is 31.5 Å². The molecule has 0 aliphatic carbocycles. The number of fused-ring (bicyclic) bond motifs is 1. The van der Waals surface area contributed by atoms with Crippen LogP contribution in [0.5, 0.6) is 0 Å². The first kappa shape index (κ1) is 23.4. The van der Waals surface area contributed by atoms with Crippen LogP contribution in [0.1, 0.15) is 5.56 Å². The number of rotatable bonds is 8. The lowest BCUT2D eigenvalue weighted by molar-refractivity contribution is 0.219. The lowest BCUT2D eigenvalue weighted by atomic mass is 10.0. The molecule has 1 aliphatic heterocycles. The molecule has 4 aromatic rings. The van der Waals surface area contributed by atoms with Gasteiger partial charge in [-0.05, 0) is 33.7 Å². The molecule has 2 N–H and O–H groups in total. The Balaban J connectivity index is 1.47. The van der Waals surface area contributed by atoms with E-state index in [1.165, 1.54) is 23.6 Å². The highest BCUT2D eigenvalue weighted by Gasteiger charge is 2.19. The van der Waals surface area contributed by atoms with Gasteiger partial charge >= 0.3 is 6.03 Å². The summed E-state index contributed by atoms with van der Waals surface area (Å²) in [5, 5.41) is 10.2. The molecule has 1 saturated heterocycles. The van der Waals surface area contributed by atoms with E-state index in [-0.39, 0.29) is 24.2 Å². The molecule has 1 fully saturated rings. The summed E-state index contributed by atoms with van der Waals surface area (Å²) in [6, 6.07) is 8.52. The number of benzene rings is 1. The number of urea groups is 1. The second kappa shape index (κ2) is 10.1. The Kier molecular flexibility index (Phi) is 6.56. The van der Waals surface area contributed by atoms with E-state index in [1.807, 2.05) is 24.3 Å². The number of hydrogen-bond donors (Lipinski definition) is 2. The molecule has 0 atom stereocenters. The minimum absolute atomic E-state index is 0.0163. The van der Waals surface area contributed by atoms with Gasteiger partial charge in [-0.25, -0.2) is 24.1 Å². The molecule has 36 heavy (non-hydrogen) atoms. The number of azide groups is 1. The van der Waals surface area contributed by atoms with Gasteiger partial charge in [0, 0.05) is 48.1 Å². The average Bonchev–Trinajstić information content (AvgIpc) is 3.50. The molecule has 0 bridgehead atoms. The lowest BCUT2D eigenvalue weighted by Crippen LogP contribution is -2.32. The molecule has 0 spiro atoms. The monoisotopic (exact) mass is 507 g/mol. The zero-order chi connectivity index (χ0) is 25.1. The quantitative estimate of drug-likeness (QED) is 0.151. The summed E-state index contributed by atoms with van der Waals surface area (Å²) in [5.74, 6) is -0.990. The van der Waals surface area contributed by atoms with Crippen molar-refractivity contribution in [2.24, 2.45) is 5.11 Å². The first-order valence-electron chi connectivity index (χ1n) is 11.0. The van der Waals surface area contributed by atoms with Crippen molar-refractivity contribution in [3.05, 3.63) is 70.5 Å². The van der Waals surface area contributed by atoms with Crippen LogP contribution in [0.2, 0.25) is 0 Å². The molecule has 5 rings (SSSR count). The van der Waals surface area contributed by atoms with Crippen LogP contribution in [0, 0.1) is 11.8 Å². The number of halogens is 2. The Labute approximate surface area is 207 Å². The fraction of sp³-hybridized carbons (Fsp3) is 0.217. The summed E-state index contributed by atoms with van der Waals surface area (Å²) >= 11 is 1.31. The fourth-order valence-corrected chi connectivity index (χ4v) is 5.17. The van der Waals surface area contributed by atoms with Gasteiger partial charge in [0.25, 0.3) is 0 Å². The van der Waals surface area contributed by atoms with Crippen LogP contribution < -0.4 is 10.6 Å². The highest BCUT2D eigenvalue weighted by molar-refractivity contribution is 7.22. The molecule has 2 amide bonds. The summed E-state index contributed by atoms with van der Waals surface area (Å²) in [4.78, 5) is 28.8. The predicted molar refractivity (Wildman–Crippen MR) is 132 cm³/mol. The molecule has 4 heterocycles. The van der Waals surface area contributed by atoms with Gasteiger partial charge in [-0.2, -0.15) is 4.39 Å². The van der Waals surface area contributed by atoms with E-state index in [9.17, 15) is 13.6 Å². The summed E-state index contributed by atoms with van der Waals surface area (Å²) in [5.41, 5.74) is 10.7. The standard InChI is InChI=1S/C23H19F2N9OS/c24-17-12-30-22(27-4-6-34-7-5-28-23(34)35)32-20(17)18-8-13-2-1-3-15(21(13)36-18)16-9-19(25)29-10-14(16)11-31-33-26/h1-3,8-10,12H,4-7,11H2,(H,28,35)(H,27,30,32). The van der Waals surface area contributed by atoms with Gasteiger partial charge in [-0.1, -0.05) is 23.3 Å². The Morgan fingerprint density at radius 1 is 1.22 bits per heavy atom. The van der Waals surface area contributed by atoms with E-state index in [4.69, 9.17) is 5.53 Å². The summed E-state index contributed by atoms with van der Waals surface area (Å²) in [6.07, 6.45) is 2.45. The zero-order valence-corrected chi connectivity index (χ0v) is 19.6. The Morgan fingerprint density at radius 2 is 2.11 bits per heavy atom. The minimum atomic E-state index is -0.660. The molecule has 3 aromatic heterocycles. The maximum absolute atomic E-state index is 14.8. The van der Waals surface area contributed by atoms with Crippen molar-refractivity contribution >= 4 is 33.4 Å². The smallest absolute Gasteiger partial charge is 0.317 e. The Morgan fingerprint density at radius 3 is 2.92 bits per heavy atom. The Bertz CT molecular complexity index is 1500. The average molecular weight is 508 g/mol. The fourth-order valence-electron chi connectivity index (χ4n) is 3.99. The number of nitrogens with zero attached hydrogens (tertiary/aromatic N) is 7. The van der Waals surface area contributed by atoms with Crippen LogP contribution in [0.3, 0.4) is 0 Å². The zero-order valence-electron chi connectivity index (χ0n) is 18.8. The lowest BCUT2D eigenvalue weighted by Gasteiger charge is -2.14. The predicted octanol–water partition coefficient (Wildman–Crippen LogP) is 4.95. The molecule has 1 aromatic carbocycles. The van der Waals surface area contributed by atoms with Crippen LogP contribution >= 0.6 is 11.3 Å². The number of carbonyl (C=O) groups is 1. The van der Waals surface area contributed by atoms with Crippen molar-refractivity contribution < 1.29 is 13.6 Å². The van der Waals surface area contributed by atoms with Crippen molar-refractivity contribution in [3.8, 4) is 21.7 Å². The molecule has 0 radical (unpaired) electrons. The molecular weight excluding hydrogens is 488 g/mol. The van der Waals surface area contributed by atoms with Gasteiger partial charge in [0.2, 0.25) is 11.9 Å². The maximum Gasteiger partial charge on any atom is 0.317 e. The third kappa shape index (κ3) is 4.74. The van der Waals surface area contributed by atoms with Crippen molar-refractivity contribution in [1.82, 2.24) is 25.2 Å². The third-order valence-corrected chi connectivity index (χ3v) is 6.87. The van der Waals surface area contributed by atoms with Crippen molar-refractivity contribution in [3.63, 3.8) is 0 Å². The largest absolute Gasteiger partial charge is 0.352 e. The number of amides is 2. The molecule has 13 heteroatoms. The Hall–Kier alpha value is -4.35. The first-order valence-corrected chi connectivity index (χ1v) is 11.8. The van der Waals surface area contributed by atoms with E-state index in [1.54, 1.807) is 4.90 Å². The molecule has 0 saturated carbocycles. The van der Waals surface area contributed by atoms with Crippen molar-refractivity contribution in [1.29, 1.82) is 0 Å². The number of carbonyl (C=O) groups excluding carboxylic acids is 1. The topological polar surface area (TPSA) is 132 Å². The highest BCUT2D eigenvalue weighted by Crippen LogP contribution is 2.40. The summed E-state index contributed by atoms with van der Waals surface area (Å²) in [6.45, 7) is 2.14. The van der Waals surface area contributed by atoms with Gasteiger partial charge in [-0.15, -0.1) is 11.3 Å². The van der Waals surface area contributed by atoms with Crippen molar-refractivity contribution in [2.45, 2.75) is 6.54 Å². The van der Waals surface area contributed by atoms with Crippen LogP contribution in [-0.2, 0) is 6.54 Å². The van der Waals surface area contributed by atoms with E-state index >= 15 is 0 Å². The number of pyridine rings is 1. The number of aromatic nitrogens is 3. The van der Waals surface area contributed by atoms with Gasteiger partial charge < -0.3 is 15.5 Å². The molecule has 0 unspecified atom stereocenters. The molecule has 182 valence electrons. The number of hydrogen-bond acceptors (Lipinski definition) is 7. The molecular formula is C23H19F2N9OS. The highest BCUT2D eigenvalue weighted by atomic mass is 32.1. The van der Waals surface area contributed by atoms with Gasteiger partial charge in [0.15, 0.2) is 5.82 Å². The van der Waals surface area contributed by atoms with Gasteiger partial charge in [0.1, 0.15) is 5.69 Å². The van der Waals surface area contributed by atoms with Gasteiger partial charge in [-0.3, -0.25) is 0 Å². The van der Waals surface area contributed by atoms with E-state index in [2.05, 4.69) is 35.6 Å². The number of anilines is 1. The normalized spacial score (nSPS) is 13.1. The summed E-state index contributed by atoms with van der Waals surface area (Å²) in [7, 11) is 0. The first-order chi connectivity index (χ1) is 17.5. The van der Waals surface area contributed by atoms with Crippen LogP contribution in [0.15, 0.2) is 47.8 Å². The number of nitrogens with one attached hydrogen (secondary N) is 2. The second-order valence-electron chi connectivity index (χ2n) is 7.92.